The average Bonchev–Trinajstić information content (AvgIpc) is 3.06. The third-order valence-corrected chi connectivity index (χ3v) is 4.33. The Labute approximate surface area is 150 Å². The second-order valence-corrected chi connectivity index (χ2v) is 6.64. The number of hydrazine groups is 1. The molecule has 0 fully saturated rings. The fourth-order valence-corrected chi connectivity index (χ4v) is 2.86. The zero-order valence-electron chi connectivity index (χ0n) is 14.8. The Hall–Kier alpha value is -2.48. The van der Waals surface area contributed by atoms with Crippen molar-refractivity contribution in [2.24, 2.45) is 0 Å². The van der Waals surface area contributed by atoms with Crippen molar-refractivity contribution in [3.8, 4) is 5.75 Å². The number of hydrogen-bond acceptors (Lipinski definition) is 6. The van der Waals surface area contributed by atoms with Crippen LogP contribution in [-0.2, 0) is 11.2 Å². The van der Waals surface area contributed by atoms with E-state index in [1.165, 1.54) is 0 Å². The van der Waals surface area contributed by atoms with E-state index in [4.69, 9.17) is 4.74 Å². The van der Waals surface area contributed by atoms with Crippen LogP contribution in [0.1, 0.15) is 53.2 Å². The minimum atomic E-state index is -0.444. The molecule has 0 spiro atoms. The van der Waals surface area contributed by atoms with Crippen LogP contribution in [0.3, 0.4) is 0 Å². The van der Waals surface area contributed by atoms with Crippen molar-refractivity contribution in [3.05, 3.63) is 39.9 Å². The van der Waals surface area contributed by atoms with Crippen molar-refractivity contribution in [1.29, 1.82) is 0 Å². The number of rotatable bonds is 6. The van der Waals surface area contributed by atoms with Crippen LogP contribution >= 0.6 is 11.5 Å². The van der Waals surface area contributed by atoms with Crippen LogP contribution < -0.4 is 15.6 Å². The highest BCUT2D eigenvalue weighted by Gasteiger charge is 2.16. The Balaban J connectivity index is 1.89. The maximum absolute atomic E-state index is 12.0. The number of aryl methyl sites for hydroxylation is 2. The molecule has 0 aliphatic carbocycles. The van der Waals surface area contributed by atoms with Crippen molar-refractivity contribution >= 4 is 23.3 Å². The zero-order chi connectivity index (χ0) is 18.4. The summed E-state index contributed by atoms with van der Waals surface area (Å²) in [5, 5.41) is 3.86. The van der Waals surface area contributed by atoms with Crippen LogP contribution in [0.4, 0.5) is 0 Å². The Morgan fingerprint density at radius 1 is 1.28 bits per heavy atom. The van der Waals surface area contributed by atoms with E-state index >= 15 is 0 Å². The fourth-order valence-electron chi connectivity index (χ4n) is 2.22. The minimum Gasteiger partial charge on any atom is -0.483 e. The Morgan fingerprint density at radius 3 is 2.72 bits per heavy atom. The summed E-state index contributed by atoms with van der Waals surface area (Å²) in [6.45, 7) is 7.78. The predicted octanol–water partition coefficient (Wildman–Crippen LogP) is 2.37. The number of ether oxygens (including phenoxy) is 1. The molecule has 0 bridgehead atoms. The molecule has 1 aromatic carbocycles. The second kappa shape index (κ2) is 8.57. The monoisotopic (exact) mass is 362 g/mol. The van der Waals surface area contributed by atoms with E-state index in [1.807, 2.05) is 32.0 Å². The van der Waals surface area contributed by atoms with E-state index in [1.54, 1.807) is 0 Å². The molecule has 2 rings (SSSR count). The molecule has 0 radical (unpaired) electrons. The number of hydrogen-bond donors (Lipinski definition) is 2. The van der Waals surface area contributed by atoms with Gasteiger partial charge in [-0.15, -0.1) is 5.10 Å². The first-order valence-corrected chi connectivity index (χ1v) is 8.83. The van der Waals surface area contributed by atoms with Crippen LogP contribution in [0.2, 0.25) is 0 Å². The quantitative estimate of drug-likeness (QED) is 0.770. The topological polar surface area (TPSA) is 93.2 Å². The van der Waals surface area contributed by atoms with Crippen molar-refractivity contribution in [1.82, 2.24) is 20.4 Å². The van der Waals surface area contributed by atoms with Crippen molar-refractivity contribution in [2.45, 2.75) is 40.0 Å². The van der Waals surface area contributed by atoms with Gasteiger partial charge in [0.1, 0.15) is 10.6 Å². The van der Waals surface area contributed by atoms with Gasteiger partial charge >= 0.3 is 0 Å². The summed E-state index contributed by atoms with van der Waals surface area (Å²) < 4.78 is 9.37. The Bertz CT molecular complexity index is 758. The van der Waals surface area contributed by atoms with E-state index in [0.717, 1.165) is 22.7 Å². The molecule has 25 heavy (non-hydrogen) atoms. The van der Waals surface area contributed by atoms with E-state index in [-0.39, 0.29) is 12.5 Å². The fraction of sp³-hybridized carbons (Fsp3) is 0.412. The SMILES string of the molecule is CCc1nnsc1C(=O)NNC(=O)COc1cc(C)ccc1C(C)C. The second-order valence-electron chi connectivity index (χ2n) is 5.89. The number of aromatic nitrogens is 2. The molecule has 2 amide bonds. The molecular formula is C17H22N4O3S. The number of carbonyl (C=O) groups excluding carboxylic acids is 2. The van der Waals surface area contributed by atoms with Gasteiger partial charge in [-0.05, 0) is 48.0 Å². The highest BCUT2D eigenvalue weighted by Crippen LogP contribution is 2.27. The lowest BCUT2D eigenvalue weighted by atomic mass is 10.0. The molecule has 1 aromatic heterocycles. The van der Waals surface area contributed by atoms with Crippen LogP contribution in [-0.4, -0.2) is 28.0 Å². The molecule has 1 heterocycles. The molecule has 8 heteroatoms. The molecule has 0 aliphatic rings. The van der Waals surface area contributed by atoms with Gasteiger partial charge in [0.25, 0.3) is 11.8 Å². The summed E-state index contributed by atoms with van der Waals surface area (Å²) in [5.74, 6) is 0.0831. The van der Waals surface area contributed by atoms with Gasteiger partial charge in [-0.1, -0.05) is 37.4 Å². The lowest BCUT2D eigenvalue weighted by Crippen LogP contribution is -2.43. The first kappa shape index (κ1) is 18.9. The zero-order valence-corrected chi connectivity index (χ0v) is 15.6. The smallest absolute Gasteiger partial charge is 0.283 e. The lowest BCUT2D eigenvalue weighted by Gasteiger charge is -2.15. The van der Waals surface area contributed by atoms with E-state index < -0.39 is 11.8 Å². The van der Waals surface area contributed by atoms with E-state index in [2.05, 4.69) is 34.3 Å². The highest BCUT2D eigenvalue weighted by atomic mass is 32.1. The molecule has 2 N–H and O–H groups in total. The summed E-state index contributed by atoms with van der Waals surface area (Å²) in [4.78, 5) is 24.3. The lowest BCUT2D eigenvalue weighted by molar-refractivity contribution is -0.123. The van der Waals surface area contributed by atoms with Gasteiger partial charge in [0.2, 0.25) is 0 Å². The number of benzene rings is 1. The summed E-state index contributed by atoms with van der Waals surface area (Å²) in [5.41, 5.74) is 7.39. The molecule has 7 nitrogen and oxygen atoms in total. The van der Waals surface area contributed by atoms with Gasteiger partial charge in [0, 0.05) is 0 Å². The molecule has 0 aliphatic heterocycles. The predicted molar refractivity (Wildman–Crippen MR) is 95.7 cm³/mol. The molecule has 0 atom stereocenters. The number of nitrogens with one attached hydrogen (secondary N) is 2. The van der Waals surface area contributed by atoms with Crippen LogP contribution in [0, 0.1) is 6.92 Å². The maximum atomic E-state index is 12.0. The maximum Gasteiger partial charge on any atom is 0.283 e. The van der Waals surface area contributed by atoms with Crippen molar-refractivity contribution in [2.75, 3.05) is 6.61 Å². The van der Waals surface area contributed by atoms with Gasteiger partial charge in [-0.2, -0.15) is 0 Å². The van der Waals surface area contributed by atoms with Gasteiger partial charge < -0.3 is 4.74 Å². The summed E-state index contributed by atoms with van der Waals surface area (Å²) in [6, 6.07) is 5.91. The van der Waals surface area contributed by atoms with Gasteiger partial charge in [-0.3, -0.25) is 20.4 Å². The highest BCUT2D eigenvalue weighted by molar-refractivity contribution is 7.08. The Morgan fingerprint density at radius 2 is 2.04 bits per heavy atom. The normalized spacial score (nSPS) is 10.6. The largest absolute Gasteiger partial charge is 0.483 e. The first-order valence-electron chi connectivity index (χ1n) is 8.06. The van der Waals surface area contributed by atoms with E-state index in [9.17, 15) is 9.59 Å². The van der Waals surface area contributed by atoms with Crippen LogP contribution in [0.5, 0.6) is 5.75 Å². The standard InChI is InChI=1S/C17H22N4O3S/c1-5-13-16(25-21-18-13)17(23)20-19-15(22)9-24-14-8-11(4)6-7-12(14)10(2)3/h6-8,10H,5,9H2,1-4H3,(H,19,22)(H,20,23). The summed E-state index contributed by atoms with van der Waals surface area (Å²) >= 11 is 0.995. The van der Waals surface area contributed by atoms with Crippen molar-refractivity contribution in [3.63, 3.8) is 0 Å². The molecule has 2 aromatic rings. The van der Waals surface area contributed by atoms with E-state index in [0.29, 0.717) is 22.7 Å². The van der Waals surface area contributed by atoms with Gasteiger partial charge in [0.05, 0.1) is 5.69 Å². The number of amides is 2. The van der Waals surface area contributed by atoms with Crippen molar-refractivity contribution < 1.29 is 14.3 Å². The third kappa shape index (κ3) is 4.99. The summed E-state index contributed by atoms with van der Waals surface area (Å²) in [7, 11) is 0. The summed E-state index contributed by atoms with van der Waals surface area (Å²) in [6.07, 6.45) is 0.599. The number of carbonyl (C=O) groups is 2. The number of nitrogens with zero attached hydrogens (tertiary/aromatic N) is 2. The van der Waals surface area contributed by atoms with Crippen LogP contribution in [0.25, 0.3) is 0 Å². The van der Waals surface area contributed by atoms with Gasteiger partial charge in [0.15, 0.2) is 6.61 Å². The molecule has 0 saturated heterocycles. The molecule has 134 valence electrons. The molecule has 0 saturated carbocycles. The third-order valence-electron chi connectivity index (χ3n) is 3.56. The molecule has 0 unspecified atom stereocenters. The minimum absolute atomic E-state index is 0.189. The first-order chi connectivity index (χ1) is 11.9. The average molecular weight is 362 g/mol. The molecular weight excluding hydrogens is 340 g/mol. The van der Waals surface area contributed by atoms with Crippen LogP contribution in [0.15, 0.2) is 18.2 Å². The van der Waals surface area contributed by atoms with Gasteiger partial charge in [-0.25, -0.2) is 0 Å². The Kier molecular flexibility index (Phi) is 6.46.